The lowest BCUT2D eigenvalue weighted by atomic mass is 9.73. The van der Waals surface area contributed by atoms with Crippen molar-refractivity contribution in [1.82, 2.24) is 15.2 Å². The first kappa shape index (κ1) is 28.4. The lowest BCUT2D eigenvalue weighted by Crippen LogP contribution is -2.50. The van der Waals surface area contributed by atoms with Gasteiger partial charge < -0.3 is 15.0 Å². The van der Waals surface area contributed by atoms with Gasteiger partial charge in [0.25, 0.3) is 0 Å². The summed E-state index contributed by atoms with van der Waals surface area (Å²) >= 11 is 0. The van der Waals surface area contributed by atoms with E-state index >= 15 is 0 Å². The van der Waals surface area contributed by atoms with Gasteiger partial charge in [0, 0.05) is 38.7 Å². The van der Waals surface area contributed by atoms with Crippen LogP contribution in [0.1, 0.15) is 47.9 Å². The maximum atomic E-state index is 13.5. The first-order valence-electron chi connectivity index (χ1n) is 12.7. The SMILES string of the molecule is O=C(NCc1cc(C(F)(F)F)cc(C(F)(F)F)c1)C1(Cc2cccnc2)CCN(CC2CCOCC2)CC1. The zero-order chi connectivity index (χ0) is 27.4. The molecule has 0 bridgehead atoms. The summed E-state index contributed by atoms with van der Waals surface area (Å²) in [6.07, 6.45) is -3.18. The van der Waals surface area contributed by atoms with Gasteiger partial charge in [0.15, 0.2) is 0 Å². The van der Waals surface area contributed by atoms with Gasteiger partial charge in [-0.15, -0.1) is 0 Å². The highest BCUT2D eigenvalue weighted by atomic mass is 19.4. The first-order valence-corrected chi connectivity index (χ1v) is 12.7. The zero-order valence-electron chi connectivity index (χ0n) is 20.9. The van der Waals surface area contributed by atoms with E-state index in [1.165, 1.54) is 0 Å². The minimum absolute atomic E-state index is 0.0867. The molecule has 2 fully saturated rings. The standard InChI is InChI=1S/C27H31F6N3O2/c28-26(29,30)22-12-21(13-23(14-22)27(31,32)33)17-35-24(37)25(15-20-2-1-7-34-16-20)5-8-36(9-6-25)18-19-3-10-38-11-4-19/h1-2,7,12-14,16,19H,3-6,8-11,15,17-18H2,(H,35,37). The molecular weight excluding hydrogens is 512 g/mol. The van der Waals surface area contributed by atoms with Crippen molar-refractivity contribution in [2.75, 3.05) is 32.8 Å². The van der Waals surface area contributed by atoms with Crippen LogP contribution in [0, 0.1) is 11.3 Å². The molecule has 3 heterocycles. The lowest BCUT2D eigenvalue weighted by Gasteiger charge is -2.42. The Balaban J connectivity index is 1.49. The molecule has 2 aliphatic rings. The van der Waals surface area contributed by atoms with Crippen molar-refractivity contribution in [1.29, 1.82) is 0 Å². The highest BCUT2D eigenvalue weighted by Gasteiger charge is 2.42. The molecule has 4 rings (SSSR count). The number of nitrogens with one attached hydrogen (secondary N) is 1. The molecule has 2 saturated heterocycles. The number of carbonyl (C=O) groups excluding carboxylic acids is 1. The summed E-state index contributed by atoms with van der Waals surface area (Å²) in [4.78, 5) is 20.0. The minimum atomic E-state index is -4.95. The second kappa shape index (κ2) is 11.6. The normalized spacial score (nSPS) is 19.3. The molecule has 1 aromatic heterocycles. The predicted octanol–water partition coefficient (Wildman–Crippen LogP) is 5.49. The minimum Gasteiger partial charge on any atom is -0.381 e. The Morgan fingerprint density at radius 3 is 2.18 bits per heavy atom. The first-order chi connectivity index (χ1) is 17.9. The van der Waals surface area contributed by atoms with Crippen LogP contribution < -0.4 is 5.32 Å². The van der Waals surface area contributed by atoms with E-state index in [0.717, 1.165) is 38.2 Å². The van der Waals surface area contributed by atoms with Crippen molar-refractivity contribution in [3.05, 3.63) is 65.0 Å². The molecule has 1 amide bonds. The number of hydrogen-bond acceptors (Lipinski definition) is 4. The molecule has 0 saturated carbocycles. The van der Waals surface area contributed by atoms with Crippen LogP contribution in [-0.2, 0) is 34.8 Å². The number of pyridine rings is 1. The summed E-state index contributed by atoms with van der Waals surface area (Å²) in [5, 5.41) is 2.65. The second-order valence-electron chi connectivity index (χ2n) is 10.3. The Morgan fingerprint density at radius 1 is 1.00 bits per heavy atom. The molecule has 1 N–H and O–H groups in total. The molecule has 0 atom stereocenters. The van der Waals surface area contributed by atoms with Crippen LogP contribution in [-0.4, -0.2) is 48.6 Å². The highest BCUT2D eigenvalue weighted by molar-refractivity contribution is 5.83. The number of hydrogen-bond donors (Lipinski definition) is 1. The maximum Gasteiger partial charge on any atom is 0.416 e. The van der Waals surface area contributed by atoms with Crippen LogP contribution in [0.4, 0.5) is 26.3 Å². The average molecular weight is 544 g/mol. The quantitative estimate of drug-likeness (QED) is 0.470. The molecule has 11 heteroatoms. The van der Waals surface area contributed by atoms with E-state index < -0.39 is 35.4 Å². The van der Waals surface area contributed by atoms with E-state index in [0.29, 0.717) is 50.4 Å². The average Bonchev–Trinajstić information content (AvgIpc) is 2.88. The summed E-state index contributed by atoms with van der Waals surface area (Å²) < 4.78 is 85.0. The van der Waals surface area contributed by atoms with Crippen molar-refractivity contribution in [2.24, 2.45) is 11.3 Å². The topological polar surface area (TPSA) is 54.5 Å². The van der Waals surface area contributed by atoms with E-state index in [-0.39, 0.29) is 17.5 Å². The third kappa shape index (κ3) is 7.25. The Hall–Kier alpha value is -2.66. The summed E-state index contributed by atoms with van der Waals surface area (Å²) in [5.74, 6) is 0.158. The number of amides is 1. The summed E-state index contributed by atoms with van der Waals surface area (Å²) in [6.45, 7) is 3.32. The van der Waals surface area contributed by atoms with Crippen molar-refractivity contribution in [3.63, 3.8) is 0 Å². The number of carbonyl (C=O) groups is 1. The van der Waals surface area contributed by atoms with Crippen LogP contribution in [0.3, 0.4) is 0 Å². The van der Waals surface area contributed by atoms with Crippen LogP contribution in [0.2, 0.25) is 0 Å². The molecule has 0 spiro atoms. The van der Waals surface area contributed by atoms with Crippen molar-refractivity contribution >= 4 is 5.91 Å². The van der Waals surface area contributed by atoms with Gasteiger partial charge in [-0.3, -0.25) is 9.78 Å². The molecule has 0 aliphatic carbocycles. The lowest BCUT2D eigenvalue weighted by molar-refractivity contribution is -0.143. The van der Waals surface area contributed by atoms with Crippen LogP contribution in [0.25, 0.3) is 0 Å². The molecule has 0 radical (unpaired) electrons. The predicted molar refractivity (Wildman–Crippen MR) is 128 cm³/mol. The van der Waals surface area contributed by atoms with Gasteiger partial charge >= 0.3 is 12.4 Å². The number of alkyl halides is 6. The monoisotopic (exact) mass is 543 g/mol. The van der Waals surface area contributed by atoms with Crippen LogP contribution in [0.5, 0.6) is 0 Å². The van der Waals surface area contributed by atoms with E-state index in [1.807, 2.05) is 6.07 Å². The largest absolute Gasteiger partial charge is 0.416 e. The Labute approximate surface area is 217 Å². The van der Waals surface area contributed by atoms with E-state index in [2.05, 4.69) is 15.2 Å². The molecule has 2 aliphatic heterocycles. The summed E-state index contributed by atoms with van der Waals surface area (Å²) in [6, 6.07) is 5.02. The number of benzene rings is 1. The maximum absolute atomic E-state index is 13.5. The van der Waals surface area contributed by atoms with Gasteiger partial charge in [-0.25, -0.2) is 0 Å². The third-order valence-corrected chi connectivity index (χ3v) is 7.52. The molecule has 1 aromatic carbocycles. The Morgan fingerprint density at radius 2 is 1.63 bits per heavy atom. The smallest absolute Gasteiger partial charge is 0.381 e. The number of nitrogens with zero attached hydrogens (tertiary/aromatic N) is 2. The number of aromatic nitrogens is 1. The van der Waals surface area contributed by atoms with Crippen LogP contribution >= 0.6 is 0 Å². The zero-order valence-corrected chi connectivity index (χ0v) is 20.9. The molecule has 0 unspecified atom stereocenters. The van der Waals surface area contributed by atoms with Gasteiger partial charge in [0.2, 0.25) is 5.91 Å². The van der Waals surface area contributed by atoms with E-state index in [9.17, 15) is 31.1 Å². The summed E-state index contributed by atoms with van der Waals surface area (Å²) in [7, 11) is 0. The summed E-state index contributed by atoms with van der Waals surface area (Å²) in [5.41, 5.74) is -3.05. The molecular formula is C27H31F6N3O2. The number of piperidine rings is 1. The molecule has 2 aromatic rings. The Bertz CT molecular complexity index is 1040. The number of ether oxygens (including phenoxy) is 1. The Kier molecular flexibility index (Phi) is 8.66. The molecule has 38 heavy (non-hydrogen) atoms. The van der Waals surface area contributed by atoms with Gasteiger partial charge in [0.05, 0.1) is 16.5 Å². The molecule has 208 valence electrons. The van der Waals surface area contributed by atoms with Crippen molar-refractivity contribution in [2.45, 2.75) is 51.0 Å². The van der Waals surface area contributed by atoms with Crippen molar-refractivity contribution in [3.8, 4) is 0 Å². The van der Waals surface area contributed by atoms with Gasteiger partial charge in [0.1, 0.15) is 0 Å². The fourth-order valence-electron chi connectivity index (χ4n) is 5.33. The second-order valence-corrected chi connectivity index (χ2v) is 10.3. The van der Waals surface area contributed by atoms with Gasteiger partial charge in [-0.1, -0.05) is 6.07 Å². The van der Waals surface area contributed by atoms with E-state index in [1.54, 1.807) is 18.5 Å². The highest BCUT2D eigenvalue weighted by Crippen LogP contribution is 2.38. The van der Waals surface area contributed by atoms with Gasteiger partial charge in [-0.2, -0.15) is 26.3 Å². The van der Waals surface area contributed by atoms with Crippen LogP contribution in [0.15, 0.2) is 42.7 Å². The number of halogens is 6. The van der Waals surface area contributed by atoms with E-state index in [4.69, 9.17) is 4.74 Å². The fourth-order valence-corrected chi connectivity index (χ4v) is 5.33. The van der Waals surface area contributed by atoms with Crippen molar-refractivity contribution < 1.29 is 35.9 Å². The van der Waals surface area contributed by atoms with Gasteiger partial charge in [-0.05, 0) is 86.5 Å². The third-order valence-electron chi connectivity index (χ3n) is 7.52. The fraction of sp³-hybridized carbons (Fsp3) is 0.556. The number of likely N-dealkylation sites (tertiary alicyclic amines) is 1. The number of rotatable bonds is 7. The molecule has 5 nitrogen and oxygen atoms in total.